The van der Waals surface area contributed by atoms with Gasteiger partial charge >= 0.3 is 0 Å². The van der Waals surface area contributed by atoms with E-state index in [9.17, 15) is 5.11 Å². The number of hydrogen-bond acceptors (Lipinski definition) is 3. The van der Waals surface area contributed by atoms with Crippen molar-refractivity contribution in [1.82, 2.24) is 5.32 Å². The standard InChI is InChI=1S/C14H21NO2/c16-10-14(8-12-4-2-1-3-5-12)15-9-13-6-7-17-11-13/h1-5,13-16H,6-11H2/t13?,14-/m1/s1. The maximum atomic E-state index is 9.37. The van der Waals surface area contributed by atoms with Gasteiger partial charge in [-0.2, -0.15) is 0 Å². The van der Waals surface area contributed by atoms with E-state index in [1.165, 1.54) is 5.56 Å². The first-order valence-electron chi connectivity index (χ1n) is 6.34. The van der Waals surface area contributed by atoms with Gasteiger partial charge < -0.3 is 15.2 Å². The Morgan fingerprint density at radius 2 is 2.18 bits per heavy atom. The SMILES string of the molecule is OC[C@@H](Cc1ccccc1)NCC1CCOC1. The summed E-state index contributed by atoms with van der Waals surface area (Å²) in [6.45, 7) is 2.87. The summed E-state index contributed by atoms with van der Waals surface area (Å²) in [6.07, 6.45) is 2.02. The van der Waals surface area contributed by atoms with Crippen molar-refractivity contribution in [2.24, 2.45) is 5.92 Å². The minimum absolute atomic E-state index is 0.151. The van der Waals surface area contributed by atoms with Gasteiger partial charge in [0.15, 0.2) is 0 Å². The van der Waals surface area contributed by atoms with Crippen LogP contribution in [0.3, 0.4) is 0 Å². The normalized spacial score (nSPS) is 21.6. The van der Waals surface area contributed by atoms with E-state index in [0.717, 1.165) is 32.6 Å². The molecular formula is C14H21NO2. The molecule has 0 amide bonds. The van der Waals surface area contributed by atoms with E-state index < -0.39 is 0 Å². The van der Waals surface area contributed by atoms with Crippen molar-refractivity contribution >= 4 is 0 Å². The molecule has 0 spiro atoms. The maximum Gasteiger partial charge on any atom is 0.0587 e. The van der Waals surface area contributed by atoms with Gasteiger partial charge in [-0.15, -0.1) is 0 Å². The smallest absolute Gasteiger partial charge is 0.0587 e. The largest absolute Gasteiger partial charge is 0.395 e. The van der Waals surface area contributed by atoms with Crippen molar-refractivity contribution in [2.75, 3.05) is 26.4 Å². The van der Waals surface area contributed by atoms with Gasteiger partial charge in [0.05, 0.1) is 13.2 Å². The molecule has 0 bridgehead atoms. The minimum atomic E-state index is 0.151. The molecule has 17 heavy (non-hydrogen) atoms. The summed E-state index contributed by atoms with van der Waals surface area (Å²) in [5.74, 6) is 0.611. The first kappa shape index (κ1) is 12.6. The lowest BCUT2D eigenvalue weighted by atomic mass is 10.0. The molecule has 94 valence electrons. The maximum absolute atomic E-state index is 9.37. The summed E-state index contributed by atoms with van der Waals surface area (Å²) in [6, 6.07) is 10.4. The summed E-state index contributed by atoms with van der Waals surface area (Å²) < 4.78 is 5.34. The number of ether oxygens (including phenoxy) is 1. The number of hydrogen-bond donors (Lipinski definition) is 2. The Morgan fingerprint density at radius 3 is 2.82 bits per heavy atom. The Labute approximate surface area is 103 Å². The summed E-state index contributed by atoms with van der Waals surface area (Å²) >= 11 is 0. The summed E-state index contributed by atoms with van der Waals surface area (Å²) in [5, 5.41) is 12.8. The van der Waals surface area contributed by atoms with Crippen LogP contribution in [-0.2, 0) is 11.2 Å². The molecule has 0 aliphatic carbocycles. The van der Waals surface area contributed by atoms with Crippen LogP contribution in [0.4, 0.5) is 0 Å². The quantitative estimate of drug-likeness (QED) is 0.779. The van der Waals surface area contributed by atoms with E-state index in [0.29, 0.717) is 5.92 Å². The predicted octanol–water partition coefficient (Wildman–Crippen LogP) is 1.22. The third-order valence-corrected chi connectivity index (χ3v) is 3.26. The predicted molar refractivity (Wildman–Crippen MR) is 67.9 cm³/mol. The van der Waals surface area contributed by atoms with Crippen LogP contribution in [0.5, 0.6) is 0 Å². The van der Waals surface area contributed by atoms with Crippen molar-refractivity contribution in [3.8, 4) is 0 Å². The topological polar surface area (TPSA) is 41.5 Å². The Kier molecular flexibility index (Phi) is 4.98. The first-order chi connectivity index (χ1) is 8.38. The third kappa shape index (κ3) is 4.11. The van der Waals surface area contributed by atoms with Gasteiger partial charge in [0.1, 0.15) is 0 Å². The molecule has 3 heteroatoms. The fourth-order valence-corrected chi connectivity index (χ4v) is 2.18. The molecule has 2 rings (SSSR count). The molecule has 1 aliphatic rings. The molecule has 1 aliphatic heterocycles. The van der Waals surface area contributed by atoms with Gasteiger partial charge in [0.25, 0.3) is 0 Å². The summed E-state index contributed by atoms with van der Waals surface area (Å²) in [4.78, 5) is 0. The fourth-order valence-electron chi connectivity index (χ4n) is 2.18. The van der Waals surface area contributed by atoms with Gasteiger partial charge in [0, 0.05) is 19.2 Å². The first-order valence-corrected chi connectivity index (χ1v) is 6.34. The highest BCUT2D eigenvalue weighted by Crippen LogP contribution is 2.11. The minimum Gasteiger partial charge on any atom is -0.395 e. The van der Waals surface area contributed by atoms with E-state index >= 15 is 0 Å². The molecule has 1 unspecified atom stereocenters. The number of nitrogens with one attached hydrogen (secondary N) is 1. The van der Waals surface area contributed by atoms with Crippen LogP contribution in [0.2, 0.25) is 0 Å². The van der Waals surface area contributed by atoms with E-state index in [1.807, 2.05) is 18.2 Å². The van der Waals surface area contributed by atoms with Gasteiger partial charge in [-0.3, -0.25) is 0 Å². The van der Waals surface area contributed by atoms with Crippen LogP contribution in [0.15, 0.2) is 30.3 Å². The Morgan fingerprint density at radius 1 is 1.35 bits per heavy atom. The van der Waals surface area contributed by atoms with Gasteiger partial charge in [-0.25, -0.2) is 0 Å². The lowest BCUT2D eigenvalue weighted by Gasteiger charge is -2.18. The molecule has 2 N–H and O–H groups in total. The monoisotopic (exact) mass is 235 g/mol. The molecule has 2 atom stereocenters. The van der Waals surface area contributed by atoms with Crippen LogP contribution >= 0.6 is 0 Å². The van der Waals surface area contributed by atoms with Crippen molar-refractivity contribution < 1.29 is 9.84 Å². The zero-order valence-corrected chi connectivity index (χ0v) is 10.1. The molecule has 0 aromatic heterocycles. The Bertz CT molecular complexity index is 309. The lowest BCUT2D eigenvalue weighted by Crippen LogP contribution is -2.37. The number of aliphatic hydroxyl groups is 1. The fraction of sp³-hybridized carbons (Fsp3) is 0.571. The van der Waals surface area contributed by atoms with Gasteiger partial charge in [-0.1, -0.05) is 30.3 Å². The second kappa shape index (κ2) is 6.74. The molecule has 1 aromatic carbocycles. The average molecular weight is 235 g/mol. The molecule has 1 fully saturated rings. The Hall–Kier alpha value is -0.900. The third-order valence-electron chi connectivity index (χ3n) is 3.26. The van der Waals surface area contributed by atoms with Crippen LogP contribution in [0, 0.1) is 5.92 Å². The lowest BCUT2D eigenvalue weighted by molar-refractivity contribution is 0.181. The van der Waals surface area contributed by atoms with E-state index in [-0.39, 0.29) is 12.6 Å². The zero-order chi connectivity index (χ0) is 11.9. The molecular weight excluding hydrogens is 214 g/mol. The molecule has 0 radical (unpaired) electrons. The second-order valence-electron chi connectivity index (χ2n) is 4.71. The zero-order valence-electron chi connectivity index (χ0n) is 10.1. The highest BCUT2D eigenvalue weighted by atomic mass is 16.5. The van der Waals surface area contributed by atoms with E-state index in [4.69, 9.17) is 4.74 Å². The average Bonchev–Trinajstić information content (AvgIpc) is 2.89. The highest BCUT2D eigenvalue weighted by Gasteiger charge is 2.17. The Balaban J connectivity index is 1.76. The van der Waals surface area contributed by atoms with Crippen molar-refractivity contribution in [2.45, 2.75) is 18.9 Å². The number of aliphatic hydroxyl groups excluding tert-OH is 1. The highest BCUT2D eigenvalue weighted by molar-refractivity contribution is 5.15. The van der Waals surface area contributed by atoms with E-state index in [1.54, 1.807) is 0 Å². The molecule has 3 nitrogen and oxygen atoms in total. The molecule has 1 saturated heterocycles. The van der Waals surface area contributed by atoms with Gasteiger partial charge in [0.2, 0.25) is 0 Å². The summed E-state index contributed by atoms with van der Waals surface area (Å²) in [7, 11) is 0. The van der Waals surface area contributed by atoms with E-state index in [2.05, 4.69) is 17.4 Å². The molecule has 1 heterocycles. The van der Waals surface area contributed by atoms with Crippen molar-refractivity contribution in [3.05, 3.63) is 35.9 Å². The number of rotatable bonds is 6. The van der Waals surface area contributed by atoms with Crippen LogP contribution in [0.1, 0.15) is 12.0 Å². The van der Waals surface area contributed by atoms with Crippen LogP contribution in [-0.4, -0.2) is 37.5 Å². The van der Waals surface area contributed by atoms with Crippen LogP contribution in [0.25, 0.3) is 0 Å². The molecule has 1 aromatic rings. The summed E-state index contributed by atoms with van der Waals surface area (Å²) in [5.41, 5.74) is 1.27. The van der Waals surface area contributed by atoms with Crippen LogP contribution < -0.4 is 5.32 Å². The number of benzene rings is 1. The van der Waals surface area contributed by atoms with Gasteiger partial charge in [-0.05, 0) is 24.3 Å². The second-order valence-corrected chi connectivity index (χ2v) is 4.71. The van der Waals surface area contributed by atoms with Crippen molar-refractivity contribution in [3.63, 3.8) is 0 Å². The molecule has 0 saturated carbocycles. The van der Waals surface area contributed by atoms with Crippen molar-refractivity contribution in [1.29, 1.82) is 0 Å².